The Morgan fingerprint density at radius 3 is 2.45 bits per heavy atom. The molecule has 29 heavy (non-hydrogen) atoms. The molecule has 0 spiro atoms. The standard InChI is InChI=1S/C21H29FN4O2S/c1-4-6-17(25-21(28)24-13-15-8-10-16(22)11-9-15)20(27)23-14-18(26(2)3)19-7-5-12-29-19/h5,7-12,17-18H,4,6,13-14H2,1-3H3,(H,23,27)(H2,24,25,28). The molecule has 0 fully saturated rings. The monoisotopic (exact) mass is 420 g/mol. The minimum Gasteiger partial charge on any atom is -0.352 e. The molecule has 3 N–H and O–H groups in total. The molecule has 0 aliphatic carbocycles. The van der Waals surface area contributed by atoms with Crippen molar-refractivity contribution in [1.29, 1.82) is 0 Å². The Labute approximate surface area is 175 Å². The van der Waals surface area contributed by atoms with Crippen LogP contribution in [-0.2, 0) is 11.3 Å². The van der Waals surface area contributed by atoms with Gasteiger partial charge in [-0.25, -0.2) is 9.18 Å². The topological polar surface area (TPSA) is 73.5 Å². The van der Waals surface area contributed by atoms with Crippen molar-refractivity contribution in [2.24, 2.45) is 0 Å². The molecule has 1 aromatic carbocycles. The molecular formula is C21H29FN4O2S. The number of rotatable bonds is 10. The molecule has 1 heterocycles. The van der Waals surface area contributed by atoms with Crippen molar-refractivity contribution in [3.8, 4) is 0 Å². The highest BCUT2D eigenvalue weighted by molar-refractivity contribution is 7.10. The Bertz CT molecular complexity index is 765. The molecule has 0 radical (unpaired) electrons. The van der Waals surface area contributed by atoms with Gasteiger partial charge in [0, 0.05) is 18.0 Å². The molecule has 6 nitrogen and oxygen atoms in total. The van der Waals surface area contributed by atoms with Crippen LogP contribution in [0.25, 0.3) is 0 Å². The molecule has 0 aliphatic rings. The minimum atomic E-state index is -0.612. The van der Waals surface area contributed by atoms with E-state index in [2.05, 4.69) is 20.9 Å². The maximum Gasteiger partial charge on any atom is 0.315 e. The third-order valence-corrected chi connectivity index (χ3v) is 5.50. The van der Waals surface area contributed by atoms with Gasteiger partial charge < -0.3 is 20.9 Å². The number of benzene rings is 1. The zero-order valence-electron chi connectivity index (χ0n) is 17.1. The first-order valence-electron chi connectivity index (χ1n) is 9.67. The van der Waals surface area contributed by atoms with Crippen molar-refractivity contribution in [3.05, 3.63) is 58.0 Å². The smallest absolute Gasteiger partial charge is 0.315 e. The van der Waals surface area contributed by atoms with Crippen LogP contribution in [0.3, 0.4) is 0 Å². The average molecular weight is 421 g/mol. The number of hydrogen-bond donors (Lipinski definition) is 3. The number of carbonyl (C=O) groups excluding carboxylic acids is 2. The third kappa shape index (κ3) is 7.47. The normalized spacial score (nSPS) is 13.0. The zero-order valence-corrected chi connectivity index (χ0v) is 17.9. The zero-order chi connectivity index (χ0) is 21.2. The highest BCUT2D eigenvalue weighted by atomic mass is 32.1. The van der Waals surface area contributed by atoms with E-state index in [4.69, 9.17) is 0 Å². The largest absolute Gasteiger partial charge is 0.352 e. The van der Waals surface area contributed by atoms with E-state index in [1.807, 2.05) is 38.5 Å². The number of nitrogens with zero attached hydrogens (tertiary/aromatic N) is 1. The number of nitrogens with one attached hydrogen (secondary N) is 3. The van der Waals surface area contributed by atoms with Crippen molar-refractivity contribution in [2.75, 3.05) is 20.6 Å². The van der Waals surface area contributed by atoms with Crippen LogP contribution in [0.15, 0.2) is 41.8 Å². The van der Waals surface area contributed by atoms with Crippen LogP contribution in [0.4, 0.5) is 9.18 Å². The number of hydrogen-bond acceptors (Lipinski definition) is 4. The number of amides is 3. The molecule has 2 unspecified atom stereocenters. The molecule has 158 valence electrons. The summed E-state index contributed by atoms with van der Waals surface area (Å²) in [7, 11) is 3.95. The fourth-order valence-electron chi connectivity index (χ4n) is 2.89. The van der Waals surface area contributed by atoms with Gasteiger partial charge in [0.1, 0.15) is 11.9 Å². The fraction of sp³-hybridized carbons (Fsp3) is 0.429. The van der Waals surface area contributed by atoms with Crippen LogP contribution in [0.1, 0.15) is 36.2 Å². The van der Waals surface area contributed by atoms with E-state index in [0.717, 1.165) is 12.0 Å². The van der Waals surface area contributed by atoms with Gasteiger partial charge in [-0.15, -0.1) is 11.3 Å². The van der Waals surface area contributed by atoms with Crippen molar-refractivity contribution in [2.45, 2.75) is 38.4 Å². The first-order valence-corrected chi connectivity index (χ1v) is 10.5. The number of halogens is 1. The van der Waals surface area contributed by atoms with E-state index >= 15 is 0 Å². The molecule has 2 aromatic rings. The van der Waals surface area contributed by atoms with Crippen LogP contribution in [0.5, 0.6) is 0 Å². The van der Waals surface area contributed by atoms with Gasteiger partial charge in [0.25, 0.3) is 0 Å². The van der Waals surface area contributed by atoms with Crippen molar-refractivity contribution < 1.29 is 14.0 Å². The van der Waals surface area contributed by atoms with Crippen molar-refractivity contribution in [3.63, 3.8) is 0 Å². The average Bonchev–Trinajstić information content (AvgIpc) is 3.21. The van der Waals surface area contributed by atoms with Gasteiger partial charge in [-0.05, 0) is 49.7 Å². The van der Waals surface area contributed by atoms with Crippen LogP contribution < -0.4 is 16.0 Å². The Balaban J connectivity index is 1.87. The lowest BCUT2D eigenvalue weighted by Crippen LogP contribution is -2.50. The summed E-state index contributed by atoms with van der Waals surface area (Å²) in [5.41, 5.74) is 0.780. The Hall–Kier alpha value is -2.45. The van der Waals surface area contributed by atoms with E-state index < -0.39 is 12.1 Å². The summed E-state index contributed by atoms with van der Waals surface area (Å²) < 4.78 is 13.0. The second-order valence-electron chi connectivity index (χ2n) is 7.03. The van der Waals surface area contributed by atoms with Crippen LogP contribution in [0, 0.1) is 5.82 Å². The molecule has 3 amide bonds. The van der Waals surface area contributed by atoms with Crippen molar-refractivity contribution >= 4 is 23.3 Å². The maximum atomic E-state index is 13.0. The Morgan fingerprint density at radius 1 is 1.14 bits per heavy atom. The van der Waals surface area contributed by atoms with E-state index in [1.54, 1.807) is 23.5 Å². The number of thiophene rings is 1. The third-order valence-electron chi connectivity index (χ3n) is 4.53. The summed E-state index contributed by atoms with van der Waals surface area (Å²) in [5.74, 6) is -0.524. The Morgan fingerprint density at radius 2 is 1.86 bits per heavy atom. The molecular weight excluding hydrogens is 391 g/mol. The summed E-state index contributed by atoms with van der Waals surface area (Å²) in [4.78, 5) is 28.1. The summed E-state index contributed by atoms with van der Waals surface area (Å²) >= 11 is 1.65. The van der Waals surface area contributed by atoms with Crippen molar-refractivity contribution in [1.82, 2.24) is 20.9 Å². The van der Waals surface area contributed by atoms with Gasteiger partial charge in [-0.1, -0.05) is 31.5 Å². The molecule has 2 rings (SSSR count). The van der Waals surface area contributed by atoms with Crippen LogP contribution in [-0.4, -0.2) is 43.5 Å². The van der Waals surface area contributed by atoms with E-state index in [9.17, 15) is 14.0 Å². The number of likely N-dealkylation sites (N-methyl/N-ethyl adjacent to an activating group) is 1. The SMILES string of the molecule is CCCC(NC(=O)NCc1ccc(F)cc1)C(=O)NCC(c1cccs1)N(C)C. The fourth-order valence-corrected chi connectivity index (χ4v) is 3.81. The highest BCUT2D eigenvalue weighted by Gasteiger charge is 2.22. The van der Waals surface area contributed by atoms with Gasteiger partial charge in [0.2, 0.25) is 5.91 Å². The number of urea groups is 1. The van der Waals surface area contributed by atoms with Crippen LogP contribution >= 0.6 is 11.3 Å². The van der Waals surface area contributed by atoms with Gasteiger partial charge in [-0.2, -0.15) is 0 Å². The number of carbonyl (C=O) groups is 2. The molecule has 0 saturated heterocycles. The molecule has 8 heteroatoms. The minimum absolute atomic E-state index is 0.0773. The van der Waals surface area contributed by atoms with E-state index in [-0.39, 0.29) is 24.3 Å². The molecule has 0 aliphatic heterocycles. The molecule has 2 atom stereocenters. The second kappa shape index (κ2) is 11.5. The summed E-state index contributed by atoms with van der Waals surface area (Å²) in [6, 6.07) is 8.99. The summed E-state index contributed by atoms with van der Waals surface area (Å²) in [6.45, 7) is 2.69. The lowest BCUT2D eigenvalue weighted by atomic mass is 10.1. The summed E-state index contributed by atoms with van der Waals surface area (Å²) in [5, 5.41) is 10.4. The lowest BCUT2D eigenvalue weighted by Gasteiger charge is -2.25. The second-order valence-corrected chi connectivity index (χ2v) is 8.01. The highest BCUT2D eigenvalue weighted by Crippen LogP contribution is 2.22. The maximum absolute atomic E-state index is 13.0. The predicted octanol–water partition coefficient (Wildman–Crippen LogP) is 3.27. The Kier molecular flexibility index (Phi) is 9.08. The molecule has 0 bridgehead atoms. The van der Waals surface area contributed by atoms with Crippen LogP contribution in [0.2, 0.25) is 0 Å². The lowest BCUT2D eigenvalue weighted by molar-refractivity contribution is -0.123. The van der Waals surface area contributed by atoms with Gasteiger partial charge in [0.05, 0.1) is 6.04 Å². The quantitative estimate of drug-likeness (QED) is 0.552. The van der Waals surface area contributed by atoms with Gasteiger partial charge in [-0.3, -0.25) is 4.79 Å². The summed E-state index contributed by atoms with van der Waals surface area (Å²) in [6.07, 6.45) is 1.31. The van der Waals surface area contributed by atoms with E-state index in [0.29, 0.717) is 13.0 Å². The van der Waals surface area contributed by atoms with E-state index in [1.165, 1.54) is 17.0 Å². The first-order chi connectivity index (χ1) is 13.9. The van der Waals surface area contributed by atoms with Gasteiger partial charge in [0.15, 0.2) is 0 Å². The first kappa shape index (κ1) is 22.8. The molecule has 0 saturated carbocycles. The van der Waals surface area contributed by atoms with Gasteiger partial charge >= 0.3 is 6.03 Å². The predicted molar refractivity (Wildman–Crippen MR) is 114 cm³/mol. The molecule has 1 aromatic heterocycles.